The summed E-state index contributed by atoms with van der Waals surface area (Å²) in [5, 5.41) is 12.0. The number of carbonyl (C=O) groups is 2. The van der Waals surface area contributed by atoms with Gasteiger partial charge in [-0.3, -0.25) is 4.79 Å². The molecule has 108 valence electrons. The van der Waals surface area contributed by atoms with Gasteiger partial charge in [-0.25, -0.2) is 4.79 Å². The zero-order valence-corrected chi connectivity index (χ0v) is 12.2. The number of halogens is 2. The van der Waals surface area contributed by atoms with Gasteiger partial charge in [-0.05, 0) is 17.7 Å². The van der Waals surface area contributed by atoms with Crippen LogP contribution in [0.5, 0.6) is 0 Å². The molecule has 0 aliphatic carbocycles. The lowest BCUT2D eigenvalue weighted by molar-refractivity contribution is -0.139. The standard InChI is InChI=1S/C15H11Cl2NO3/c16-10-7-4-8-11(17)12(10)14(19)18-13(15(20)21)9-5-2-1-3-6-9/h1-8,13H,(H,18,19)(H,20,21). The molecule has 1 amide bonds. The number of carboxylic acids is 1. The van der Waals surface area contributed by atoms with Crippen LogP contribution in [0.1, 0.15) is 22.0 Å². The summed E-state index contributed by atoms with van der Waals surface area (Å²) in [6, 6.07) is 11.8. The molecule has 2 aromatic carbocycles. The van der Waals surface area contributed by atoms with Crippen molar-refractivity contribution in [2.45, 2.75) is 6.04 Å². The predicted octanol–water partition coefficient (Wildman–Crippen LogP) is 3.55. The van der Waals surface area contributed by atoms with Crippen LogP contribution in [0.2, 0.25) is 10.0 Å². The number of nitrogens with one attached hydrogen (secondary N) is 1. The van der Waals surface area contributed by atoms with Gasteiger partial charge in [0.05, 0.1) is 15.6 Å². The van der Waals surface area contributed by atoms with E-state index in [-0.39, 0.29) is 15.6 Å². The van der Waals surface area contributed by atoms with Crippen LogP contribution in [0.25, 0.3) is 0 Å². The molecule has 6 heteroatoms. The monoisotopic (exact) mass is 323 g/mol. The van der Waals surface area contributed by atoms with Crippen LogP contribution >= 0.6 is 23.2 Å². The SMILES string of the molecule is O=C(NC(C(=O)O)c1ccccc1)c1c(Cl)cccc1Cl. The van der Waals surface area contributed by atoms with Crippen LogP contribution in [0.3, 0.4) is 0 Å². The van der Waals surface area contributed by atoms with E-state index in [9.17, 15) is 14.7 Å². The number of hydrogen-bond acceptors (Lipinski definition) is 2. The van der Waals surface area contributed by atoms with Crippen molar-refractivity contribution in [3.8, 4) is 0 Å². The molecule has 4 nitrogen and oxygen atoms in total. The minimum Gasteiger partial charge on any atom is -0.479 e. The molecule has 2 aromatic rings. The zero-order chi connectivity index (χ0) is 15.4. The van der Waals surface area contributed by atoms with E-state index in [0.717, 1.165) is 0 Å². The Morgan fingerprint density at radius 2 is 1.52 bits per heavy atom. The molecule has 1 unspecified atom stereocenters. The third kappa shape index (κ3) is 3.54. The van der Waals surface area contributed by atoms with E-state index in [2.05, 4.69) is 5.32 Å². The Morgan fingerprint density at radius 3 is 2.05 bits per heavy atom. The molecule has 0 spiro atoms. The average molecular weight is 324 g/mol. The molecule has 0 aromatic heterocycles. The highest BCUT2D eigenvalue weighted by molar-refractivity contribution is 6.39. The Bertz CT molecular complexity index is 654. The molecular formula is C15H11Cl2NO3. The van der Waals surface area contributed by atoms with Crippen molar-refractivity contribution in [2.75, 3.05) is 0 Å². The Balaban J connectivity index is 2.30. The number of amides is 1. The van der Waals surface area contributed by atoms with Gasteiger partial charge in [0.2, 0.25) is 0 Å². The van der Waals surface area contributed by atoms with E-state index >= 15 is 0 Å². The van der Waals surface area contributed by atoms with E-state index in [1.54, 1.807) is 36.4 Å². The van der Waals surface area contributed by atoms with Crippen LogP contribution < -0.4 is 5.32 Å². The van der Waals surface area contributed by atoms with Gasteiger partial charge in [-0.2, -0.15) is 0 Å². The molecule has 0 fully saturated rings. The molecule has 0 saturated carbocycles. The highest BCUT2D eigenvalue weighted by Crippen LogP contribution is 2.25. The first-order valence-electron chi connectivity index (χ1n) is 6.03. The van der Waals surface area contributed by atoms with E-state index < -0.39 is 17.9 Å². The Kier molecular flexibility index (Phi) is 4.83. The largest absolute Gasteiger partial charge is 0.479 e. The fraction of sp³-hybridized carbons (Fsp3) is 0.0667. The summed E-state index contributed by atoms with van der Waals surface area (Å²) in [7, 11) is 0. The molecule has 0 radical (unpaired) electrons. The van der Waals surface area contributed by atoms with Crippen molar-refractivity contribution in [3.63, 3.8) is 0 Å². The van der Waals surface area contributed by atoms with Crippen molar-refractivity contribution in [1.29, 1.82) is 0 Å². The Hall–Kier alpha value is -2.04. The van der Waals surface area contributed by atoms with Crippen LogP contribution in [0.15, 0.2) is 48.5 Å². The lowest BCUT2D eigenvalue weighted by atomic mass is 10.1. The second-order valence-corrected chi connectivity index (χ2v) is 5.07. The van der Waals surface area contributed by atoms with E-state index in [0.29, 0.717) is 5.56 Å². The highest BCUT2D eigenvalue weighted by Gasteiger charge is 2.24. The van der Waals surface area contributed by atoms with Gasteiger partial charge in [0.1, 0.15) is 0 Å². The molecule has 0 aliphatic heterocycles. The average Bonchev–Trinajstić information content (AvgIpc) is 2.45. The summed E-state index contributed by atoms with van der Waals surface area (Å²) in [4.78, 5) is 23.6. The fourth-order valence-electron chi connectivity index (χ4n) is 1.85. The molecule has 0 heterocycles. The molecule has 0 bridgehead atoms. The van der Waals surface area contributed by atoms with Crippen LogP contribution in [-0.4, -0.2) is 17.0 Å². The first-order valence-corrected chi connectivity index (χ1v) is 6.79. The number of aliphatic carboxylic acids is 1. The van der Waals surface area contributed by atoms with Gasteiger partial charge >= 0.3 is 5.97 Å². The van der Waals surface area contributed by atoms with Crippen molar-refractivity contribution in [3.05, 3.63) is 69.7 Å². The van der Waals surface area contributed by atoms with Crippen molar-refractivity contribution in [1.82, 2.24) is 5.32 Å². The number of carbonyl (C=O) groups excluding carboxylic acids is 1. The topological polar surface area (TPSA) is 66.4 Å². The van der Waals surface area contributed by atoms with Gasteiger partial charge < -0.3 is 10.4 Å². The van der Waals surface area contributed by atoms with Crippen LogP contribution in [0.4, 0.5) is 0 Å². The maximum absolute atomic E-state index is 12.2. The summed E-state index contributed by atoms with van der Waals surface area (Å²) in [5.74, 6) is -1.81. The third-order valence-corrected chi connectivity index (χ3v) is 3.48. The van der Waals surface area contributed by atoms with Gasteiger partial charge in [0, 0.05) is 0 Å². The summed E-state index contributed by atoms with van der Waals surface area (Å²) >= 11 is 11.9. The molecule has 0 aliphatic rings. The summed E-state index contributed by atoms with van der Waals surface area (Å²) in [6.07, 6.45) is 0. The molecule has 1 atom stereocenters. The minimum absolute atomic E-state index is 0.0583. The maximum Gasteiger partial charge on any atom is 0.330 e. The number of hydrogen-bond donors (Lipinski definition) is 2. The lowest BCUT2D eigenvalue weighted by Crippen LogP contribution is -2.34. The first-order chi connectivity index (χ1) is 10.0. The van der Waals surface area contributed by atoms with Gasteiger partial charge in [-0.1, -0.05) is 59.6 Å². The number of rotatable bonds is 4. The minimum atomic E-state index is -1.17. The number of benzene rings is 2. The molecule has 21 heavy (non-hydrogen) atoms. The summed E-state index contributed by atoms with van der Waals surface area (Å²) in [5.41, 5.74) is 0.518. The normalized spacial score (nSPS) is 11.7. The second kappa shape index (κ2) is 6.61. The fourth-order valence-corrected chi connectivity index (χ4v) is 2.42. The Labute approximate surface area is 131 Å². The van der Waals surface area contributed by atoms with Gasteiger partial charge in [0.25, 0.3) is 5.91 Å². The van der Waals surface area contributed by atoms with E-state index in [4.69, 9.17) is 23.2 Å². The van der Waals surface area contributed by atoms with Crippen molar-refractivity contribution < 1.29 is 14.7 Å². The first kappa shape index (κ1) is 15.4. The lowest BCUT2D eigenvalue weighted by Gasteiger charge is -2.16. The van der Waals surface area contributed by atoms with Crippen molar-refractivity contribution >= 4 is 35.1 Å². The summed E-state index contributed by atoms with van der Waals surface area (Å²) in [6.45, 7) is 0. The molecular weight excluding hydrogens is 313 g/mol. The quantitative estimate of drug-likeness (QED) is 0.904. The van der Waals surface area contributed by atoms with Crippen LogP contribution in [0, 0.1) is 0 Å². The summed E-state index contributed by atoms with van der Waals surface area (Å²) < 4.78 is 0. The van der Waals surface area contributed by atoms with Crippen LogP contribution in [-0.2, 0) is 4.79 Å². The molecule has 2 rings (SSSR count). The Morgan fingerprint density at radius 1 is 0.952 bits per heavy atom. The third-order valence-electron chi connectivity index (χ3n) is 2.85. The smallest absolute Gasteiger partial charge is 0.330 e. The number of carboxylic acid groups (broad SMARTS) is 1. The highest BCUT2D eigenvalue weighted by atomic mass is 35.5. The molecule has 2 N–H and O–H groups in total. The van der Waals surface area contributed by atoms with E-state index in [1.807, 2.05) is 0 Å². The second-order valence-electron chi connectivity index (χ2n) is 4.25. The van der Waals surface area contributed by atoms with Gasteiger partial charge in [-0.15, -0.1) is 0 Å². The molecule has 0 saturated heterocycles. The van der Waals surface area contributed by atoms with Crippen molar-refractivity contribution in [2.24, 2.45) is 0 Å². The van der Waals surface area contributed by atoms with E-state index in [1.165, 1.54) is 12.1 Å². The zero-order valence-electron chi connectivity index (χ0n) is 10.7. The predicted molar refractivity (Wildman–Crippen MR) is 80.7 cm³/mol. The van der Waals surface area contributed by atoms with Gasteiger partial charge in [0.15, 0.2) is 6.04 Å². The maximum atomic E-state index is 12.2.